The highest BCUT2D eigenvalue weighted by atomic mass is 79.9. The molecular weight excluding hydrogens is 852 g/mol. The second kappa shape index (κ2) is 16.2. The summed E-state index contributed by atoms with van der Waals surface area (Å²) >= 11 is 14.1. The van der Waals surface area contributed by atoms with Gasteiger partial charge in [0, 0.05) is 49.4 Å². The number of aromatic nitrogens is 1. The number of sulfonamides is 2. The lowest BCUT2D eigenvalue weighted by Crippen LogP contribution is -2.45. The Morgan fingerprint density at radius 3 is 2.10 bits per heavy atom. The molecular formula is C34H41Br2ClN4O6S3. The van der Waals surface area contributed by atoms with Crippen molar-refractivity contribution >= 4 is 86.6 Å². The number of carbonyl (C=O) groups is 1. The van der Waals surface area contributed by atoms with Gasteiger partial charge in [0.05, 0.1) is 10.9 Å². The molecule has 1 N–H and O–H groups in total. The summed E-state index contributed by atoms with van der Waals surface area (Å²) in [7, 11) is -7.50. The van der Waals surface area contributed by atoms with E-state index in [1.54, 1.807) is 16.4 Å². The Morgan fingerprint density at radius 1 is 0.900 bits per heavy atom. The first kappa shape index (κ1) is 38.1. The number of pyridine rings is 1. The fourth-order valence-electron chi connectivity index (χ4n) is 7.46. The second-order valence-corrected chi connectivity index (χ2v) is 20.9. The van der Waals surface area contributed by atoms with Crippen molar-refractivity contribution in [2.24, 2.45) is 11.8 Å². The van der Waals surface area contributed by atoms with Crippen LogP contribution in [0, 0.1) is 11.8 Å². The standard InChI is InChI=1S/C34H41Br2ClN4O6S3/c35-29-20-32(48-33(29)37)50(46,47)40-15-11-24(12-16-40)6-2-1-5-23-9-13-39(14-10-23)34-30(36)19-28(21-38-34)49(44,45)41-22-26-8-4-3-7-25(26)17-27(41)18-31(42)43/h3-4,7-8,19-21,23-24,27H,1-2,5-6,9-18,22H2,(H,42,43). The monoisotopic (exact) mass is 890 g/mol. The van der Waals surface area contributed by atoms with Gasteiger partial charge in [0.15, 0.2) is 0 Å². The summed E-state index contributed by atoms with van der Waals surface area (Å²) in [5.41, 5.74) is 1.86. The number of rotatable bonds is 12. The molecule has 1 aromatic carbocycles. The smallest absolute Gasteiger partial charge is 0.304 e. The average molecular weight is 893 g/mol. The molecule has 272 valence electrons. The number of fused-ring (bicyclic) bond motifs is 1. The minimum atomic E-state index is -4.00. The largest absolute Gasteiger partial charge is 0.481 e. The SMILES string of the molecule is O=C(O)CC1Cc2ccccc2CN1S(=O)(=O)c1cnc(N2CCC(CCCCC3CCN(S(=O)(=O)c4cc(Br)c(Cl)s4)CC3)CC2)c(Br)c1. The van der Waals surface area contributed by atoms with Gasteiger partial charge in [0.1, 0.15) is 19.3 Å². The number of carboxylic acids is 1. The molecule has 6 rings (SSSR count). The number of carboxylic acid groups (broad SMARTS) is 1. The van der Waals surface area contributed by atoms with Crippen LogP contribution in [-0.2, 0) is 37.8 Å². The predicted octanol–water partition coefficient (Wildman–Crippen LogP) is 7.79. The Morgan fingerprint density at radius 2 is 1.52 bits per heavy atom. The molecule has 16 heteroatoms. The van der Waals surface area contributed by atoms with E-state index >= 15 is 0 Å². The molecule has 0 bridgehead atoms. The van der Waals surface area contributed by atoms with Crippen LogP contribution in [0.3, 0.4) is 0 Å². The minimum absolute atomic E-state index is 0.0470. The van der Waals surface area contributed by atoms with Crippen LogP contribution in [0.25, 0.3) is 0 Å². The van der Waals surface area contributed by atoms with Gasteiger partial charge in [-0.15, -0.1) is 11.3 Å². The van der Waals surface area contributed by atoms with Crippen molar-refractivity contribution in [3.8, 4) is 0 Å². The van der Waals surface area contributed by atoms with Gasteiger partial charge in [0.2, 0.25) is 10.0 Å². The van der Waals surface area contributed by atoms with E-state index in [1.165, 1.54) is 10.5 Å². The van der Waals surface area contributed by atoms with Crippen LogP contribution >= 0.6 is 54.8 Å². The molecule has 0 amide bonds. The molecule has 3 aliphatic heterocycles. The van der Waals surface area contributed by atoms with Crippen molar-refractivity contribution in [1.82, 2.24) is 13.6 Å². The Labute approximate surface area is 320 Å². The fraction of sp³-hybridized carbons (Fsp3) is 0.529. The maximum Gasteiger partial charge on any atom is 0.304 e. The normalized spacial score (nSPS) is 20.2. The van der Waals surface area contributed by atoms with Crippen LogP contribution in [0.15, 0.2) is 60.6 Å². The van der Waals surface area contributed by atoms with Crippen molar-refractivity contribution in [2.45, 2.75) is 85.9 Å². The Kier molecular flexibility index (Phi) is 12.4. The van der Waals surface area contributed by atoms with Gasteiger partial charge in [-0.25, -0.2) is 21.8 Å². The summed E-state index contributed by atoms with van der Waals surface area (Å²) in [5.74, 6) is 0.860. The fourth-order valence-corrected chi connectivity index (χ4v) is 13.7. The molecule has 3 aliphatic rings. The lowest BCUT2D eigenvalue weighted by molar-refractivity contribution is -0.138. The Bertz CT molecular complexity index is 1890. The minimum Gasteiger partial charge on any atom is -0.481 e. The van der Waals surface area contributed by atoms with Crippen LogP contribution in [0.1, 0.15) is 68.9 Å². The molecule has 0 saturated carbocycles. The number of thiophene rings is 1. The lowest BCUT2D eigenvalue weighted by atomic mass is 9.88. The van der Waals surface area contributed by atoms with Gasteiger partial charge < -0.3 is 10.0 Å². The number of halogens is 3. The van der Waals surface area contributed by atoms with E-state index < -0.39 is 32.1 Å². The van der Waals surface area contributed by atoms with Gasteiger partial charge >= 0.3 is 5.97 Å². The van der Waals surface area contributed by atoms with E-state index in [0.717, 1.165) is 92.7 Å². The first-order valence-corrected chi connectivity index (χ1v) is 22.6. The third kappa shape index (κ3) is 8.61. The van der Waals surface area contributed by atoms with Crippen molar-refractivity contribution in [1.29, 1.82) is 0 Å². The predicted molar refractivity (Wildman–Crippen MR) is 203 cm³/mol. The zero-order chi connectivity index (χ0) is 35.6. The number of hydrogen-bond donors (Lipinski definition) is 1. The van der Waals surface area contributed by atoms with Gasteiger partial charge in [0.25, 0.3) is 10.0 Å². The molecule has 1 atom stereocenters. The highest BCUT2D eigenvalue weighted by Gasteiger charge is 2.37. The van der Waals surface area contributed by atoms with Gasteiger partial charge in [-0.2, -0.15) is 8.61 Å². The molecule has 50 heavy (non-hydrogen) atoms. The van der Waals surface area contributed by atoms with E-state index in [0.29, 0.717) is 48.8 Å². The highest BCUT2D eigenvalue weighted by Crippen LogP contribution is 2.38. The number of anilines is 1. The van der Waals surface area contributed by atoms with Gasteiger partial charge in [-0.05, 0) is 99.1 Å². The molecule has 3 aromatic rings. The van der Waals surface area contributed by atoms with Crippen LogP contribution in [0.2, 0.25) is 4.34 Å². The van der Waals surface area contributed by atoms with Crippen molar-refractivity contribution in [3.05, 3.63) is 67.0 Å². The summed E-state index contributed by atoms with van der Waals surface area (Å²) in [6.45, 7) is 2.90. The molecule has 2 aromatic heterocycles. The molecule has 2 saturated heterocycles. The number of piperidine rings is 2. The summed E-state index contributed by atoms with van der Waals surface area (Å²) < 4.78 is 58.6. The highest BCUT2D eigenvalue weighted by molar-refractivity contribution is 9.11. The van der Waals surface area contributed by atoms with E-state index in [4.69, 9.17) is 11.6 Å². The van der Waals surface area contributed by atoms with Crippen LogP contribution < -0.4 is 4.90 Å². The first-order chi connectivity index (χ1) is 23.8. The zero-order valence-corrected chi connectivity index (χ0v) is 33.9. The zero-order valence-electron chi connectivity index (χ0n) is 27.5. The molecule has 0 radical (unpaired) electrons. The lowest BCUT2D eigenvalue weighted by Gasteiger charge is -2.35. The second-order valence-electron chi connectivity index (χ2n) is 13.5. The molecule has 1 unspecified atom stereocenters. The summed E-state index contributed by atoms with van der Waals surface area (Å²) in [4.78, 5) is 18.5. The summed E-state index contributed by atoms with van der Waals surface area (Å²) in [6.07, 6.45) is 9.90. The number of aliphatic carboxylic acids is 1. The Balaban J connectivity index is 0.959. The van der Waals surface area contributed by atoms with Crippen LogP contribution in [0.5, 0.6) is 0 Å². The third-order valence-corrected chi connectivity index (χ3v) is 17.6. The maximum atomic E-state index is 13.8. The molecule has 10 nitrogen and oxygen atoms in total. The quantitative estimate of drug-likeness (QED) is 0.183. The molecule has 0 spiro atoms. The number of unbranched alkanes of at least 4 members (excludes halogenated alkanes) is 1. The van der Waals surface area contributed by atoms with E-state index in [2.05, 4.69) is 41.7 Å². The average Bonchev–Trinajstić information content (AvgIpc) is 3.44. The van der Waals surface area contributed by atoms with Crippen molar-refractivity contribution < 1.29 is 26.7 Å². The summed E-state index contributed by atoms with van der Waals surface area (Å²) in [5, 5.41) is 9.52. The van der Waals surface area contributed by atoms with Crippen LogP contribution in [-0.4, -0.2) is 73.7 Å². The van der Waals surface area contributed by atoms with Crippen LogP contribution in [0.4, 0.5) is 5.82 Å². The summed E-state index contributed by atoms with van der Waals surface area (Å²) in [6, 6.07) is 10.1. The number of hydrogen-bond acceptors (Lipinski definition) is 8. The topological polar surface area (TPSA) is 128 Å². The maximum absolute atomic E-state index is 13.8. The third-order valence-electron chi connectivity index (χ3n) is 10.3. The van der Waals surface area contributed by atoms with E-state index in [1.807, 2.05) is 24.3 Å². The number of nitrogens with zero attached hydrogens (tertiary/aromatic N) is 4. The Hall–Kier alpha value is -1.59. The van der Waals surface area contributed by atoms with E-state index in [9.17, 15) is 26.7 Å². The number of benzene rings is 1. The molecule has 2 fully saturated rings. The van der Waals surface area contributed by atoms with Crippen molar-refractivity contribution in [3.63, 3.8) is 0 Å². The van der Waals surface area contributed by atoms with E-state index in [-0.39, 0.29) is 17.9 Å². The molecule has 5 heterocycles. The van der Waals surface area contributed by atoms with Gasteiger partial charge in [-0.3, -0.25) is 4.79 Å². The first-order valence-electron chi connectivity index (χ1n) is 17.0. The van der Waals surface area contributed by atoms with Crippen molar-refractivity contribution in [2.75, 3.05) is 31.1 Å². The van der Waals surface area contributed by atoms with Gasteiger partial charge in [-0.1, -0.05) is 61.5 Å². The molecule has 0 aliphatic carbocycles.